The maximum atomic E-state index is 8.27. The minimum Gasteiger partial charge on any atom is -0.352 e. The topological polar surface area (TPSA) is 29.5 Å². The molecule has 0 amide bonds. The van der Waals surface area contributed by atoms with Crippen LogP contribution in [-0.2, 0) is 4.52 Å². The van der Waals surface area contributed by atoms with E-state index in [4.69, 9.17) is 9.42 Å². The predicted molar refractivity (Wildman–Crippen MR) is 65.8 cm³/mol. The molecule has 2 nitrogen and oxygen atoms in total. The third-order valence-electron chi connectivity index (χ3n) is 1.91. The fraction of sp³-hybridized carbons (Fsp3) is 1.00. The van der Waals surface area contributed by atoms with Gasteiger partial charge in [0.05, 0.1) is 6.61 Å². The number of hydrogen-bond donors (Lipinski definition) is 1. The first-order valence-corrected chi connectivity index (χ1v) is 6.69. The Morgan fingerprint density at radius 1 is 0.857 bits per heavy atom. The van der Waals surface area contributed by atoms with Gasteiger partial charge in [-0.05, 0) is 6.42 Å². The van der Waals surface area contributed by atoms with Crippen LogP contribution in [0.25, 0.3) is 0 Å². The molecule has 0 radical (unpaired) electrons. The fourth-order valence-corrected chi connectivity index (χ4v) is 1.06. The van der Waals surface area contributed by atoms with Gasteiger partial charge in [-0.2, -0.15) is 0 Å². The standard InChI is InChI=1S/C7H17O2P.C4H10/c1-2-3-4-5-6-7-9-10-8;1-3-4-2/h8,10H,2-7H2,1H3;3-4H2,1-2H3. The summed E-state index contributed by atoms with van der Waals surface area (Å²) in [6.07, 6.45) is 8.87. The van der Waals surface area contributed by atoms with Crippen LogP contribution in [0.2, 0.25) is 0 Å². The molecule has 0 aliphatic heterocycles. The van der Waals surface area contributed by atoms with Crippen LogP contribution in [0.4, 0.5) is 0 Å². The van der Waals surface area contributed by atoms with Crippen molar-refractivity contribution in [2.24, 2.45) is 0 Å². The van der Waals surface area contributed by atoms with Crippen LogP contribution in [0.15, 0.2) is 0 Å². The Labute approximate surface area is 91.4 Å². The van der Waals surface area contributed by atoms with E-state index < -0.39 is 0 Å². The molecular formula is C11H27O2P. The predicted octanol–water partition coefficient (Wildman–Crippen LogP) is 4.28. The monoisotopic (exact) mass is 222 g/mol. The van der Waals surface area contributed by atoms with Crippen molar-refractivity contribution in [1.82, 2.24) is 0 Å². The van der Waals surface area contributed by atoms with Crippen molar-refractivity contribution in [2.75, 3.05) is 6.61 Å². The summed E-state index contributed by atoms with van der Waals surface area (Å²) in [6, 6.07) is 0. The zero-order chi connectivity index (χ0) is 11.1. The summed E-state index contributed by atoms with van der Waals surface area (Å²) >= 11 is 0. The summed E-state index contributed by atoms with van der Waals surface area (Å²) in [5.74, 6) is 0. The number of hydrogen-bond acceptors (Lipinski definition) is 2. The van der Waals surface area contributed by atoms with Crippen molar-refractivity contribution >= 4 is 9.03 Å². The van der Waals surface area contributed by atoms with Crippen molar-refractivity contribution < 1.29 is 9.42 Å². The van der Waals surface area contributed by atoms with Gasteiger partial charge >= 0.3 is 0 Å². The van der Waals surface area contributed by atoms with Crippen LogP contribution in [0, 0.1) is 0 Å². The van der Waals surface area contributed by atoms with Crippen molar-refractivity contribution in [2.45, 2.75) is 65.7 Å². The highest BCUT2D eigenvalue weighted by Crippen LogP contribution is 2.07. The van der Waals surface area contributed by atoms with Gasteiger partial charge in [-0.3, -0.25) is 0 Å². The molecule has 0 aromatic rings. The quantitative estimate of drug-likeness (QED) is 0.490. The van der Waals surface area contributed by atoms with E-state index in [1.165, 1.54) is 38.5 Å². The molecule has 1 atom stereocenters. The molecule has 0 aliphatic carbocycles. The first-order valence-electron chi connectivity index (χ1n) is 5.84. The van der Waals surface area contributed by atoms with Gasteiger partial charge in [-0.25, -0.2) is 0 Å². The highest BCUT2D eigenvalue weighted by Gasteiger charge is 1.87. The molecule has 3 heteroatoms. The van der Waals surface area contributed by atoms with E-state index in [1.54, 1.807) is 0 Å². The Balaban J connectivity index is 0. The molecule has 0 bridgehead atoms. The van der Waals surface area contributed by atoms with Crippen LogP contribution in [0.3, 0.4) is 0 Å². The lowest BCUT2D eigenvalue weighted by molar-refractivity contribution is 0.313. The smallest absolute Gasteiger partial charge is 0.152 e. The van der Waals surface area contributed by atoms with Crippen LogP contribution in [-0.4, -0.2) is 11.5 Å². The molecule has 0 saturated heterocycles. The van der Waals surface area contributed by atoms with E-state index in [0.717, 1.165) is 13.0 Å². The molecular weight excluding hydrogens is 195 g/mol. The minimum absolute atomic E-state index is 0.330. The molecule has 0 saturated carbocycles. The SMILES string of the molecule is CCCC.CCCCCCCOPO. The van der Waals surface area contributed by atoms with Gasteiger partial charge in [-0.1, -0.05) is 59.3 Å². The Morgan fingerprint density at radius 3 is 1.86 bits per heavy atom. The maximum Gasteiger partial charge on any atom is 0.152 e. The van der Waals surface area contributed by atoms with Gasteiger partial charge in [-0.15, -0.1) is 0 Å². The van der Waals surface area contributed by atoms with Crippen molar-refractivity contribution in [3.63, 3.8) is 0 Å². The van der Waals surface area contributed by atoms with E-state index in [2.05, 4.69) is 20.8 Å². The number of unbranched alkanes of at least 4 members (excludes halogenated alkanes) is 5. The average molecular weight is 222 g/mol. The summed E-state index contributed by atoms with van der Waals surface area (Å²) in [6.45, 7) is 7.28. The second kappa shape index (κ2) is 19.0. The Hall–Kier alpha value is 0.350. The third-order valence-corrected chi connectivity index (χ3v) is 2.25. The van der Waals surface area contributed by atoms with E-state index in [0.29, 0.717) is 0 Å². The van der Waals surface area contributed by atoms with Crippen LogP contribution >= 0.6 is 9.03 Å². The average Bonchev–Trinajstić information content (AvgIpc) is 2.24. The molecule has 1 N–H and O–H groups in total. The number of rotatable bonds is 8. The first kappa shape index (κ1) is 16.8. The Morgan fingerprint density at radius 2 is 1.43 bits per heavy atom. The van der Waals surface area contributed by atoms with Crippen LogP contribution in [0.1, 0.15) is 65.7 Å². The van der Waals surface area contributed by atoms with Gasteiger partial charge in [0.2, 0.25) is 0 Å². The fourth-order valence-electron chi connectivity index (χ4n) is 0.823. The lowest BCUT2D eigenvalue weighted by Crippen LogP contribution is -1.85. The highest BCUT2D eigenvalue weighted by molar-refractivity contribution is 7.24. The molecule has 0 aromatic heterocycles. The third kappa shape index (κ3) is 22.8. The lowest BCUT2D eigenvalue weighted by atomic mass is 10.2. The van der Waals surface area contributed by atoms with Crippen LogP contribution in [0.5, 0.6) is 0 Å². The normalized spacial score (nSPS) is 10.3. The van der Waals surface area contributed by atoms with E-state index in [-0.39, 0.29) is 9.03 Å². The van der Waals surface area contributed by atoms with Crippen molar-refractivity contribution in [3.05, 3.63) is 0 Å². The van der Waals surface area contributed by atoms with Gasteiger partial charge in [0.25, 0.3) is 0 Å². The molecule has 0 fully saturated rings. The second-order valence-electron chi connectivity index (χ2n) is 3.35. The van der Waals surface area contributed by atoms with Gasteiger partial charge in [0, 0.05) is 0 Å². The molecule has 14 heavy (non-hydrogen) atoms. The van der Waals surface area contributed by atoms with E-state index in [1.807, 2.05) is 0 Å². The molecule has 1 unspecified atom stereocenters. The van der Waals surface area contributed by atoms with E-state index >= 15 is 0 Å². The van der Waals surface area contributed by atoms with Gasteiger partial charge in [0.1, 0.15) is 0 Å². The highest BCUT2D eigenvalue weighted by atomic mass is 31.1. The summed E-state index contributed by atoms with van der Waals surface area (Å²) in [5.41, 5.74) is 0. The molecule has 0 spiro atoms. The molecule has 0 aromatic carbocycles. The van der Waals surface area contributed by atoms with Crippen molar-refractivity contribution in [1.29, 1.82) is 0 Å². The lowest BCUT2D eigenvalue weighted by Gasteiger charge is -1.98. The molecule has 0 heterocycles. The van der Waals surface area contributed by atoms with Crippen LogP contribution < -0.4 is 0 Å². The van der Waals surface area contributed by atoms with Crippen molar-refractivity contribution in [3.8, 4) is 0 Å². The molecule has 0 aliphatic rings. The summed E-state index contributed by atoms with van der Waals surface area (Å²) in [7, 11) is -0.330. The Kier molecular flexibility index (Phi) is 22.8. The molecule has 0 rings (SSSR count). The second-order valence-corrected chi connectivity index (χ2v) is 3.83. The first-order chi connectivity index (χ1) is 6.83. The summed E-state index contributed by atoms with van der Waals surface area (Å²) in [5, 5.41) is 0. The van der Waals surface area contributed by atoms with Gasteiger partial charge in [0.15, 0.2) is 9.03 Å². The maximum absolute atomic E-state index is 8.27. The largest absolute Gasteiger partial charge is 0.352 e. The Bertz CT molecular complexity index is 69.7. The summed E-state index contributed by atoms with van der Waals surface area (Å²) in [4.78, 5) is 8.27. The zero-order valence-corrected chi connectivity index (χ0v) is 11.0. The zero-order valence-electron chi connectivity index (χ0n) is 10.0. The van der Waals surface area contributed by atoms with Gasteiger partial charge < -0.3 is 9.42 Å². The van der Waals surface area contributed by atoms with E-state index in [9.17, 15) is 0 Å². The summed E-state index contributed by atoms with van der Waals surface area (Å²) < 4.78 is 4.80. The minimum atomic E-state index is -0.330. The molecule has 88 valence electrons.